The molecule has 3 aromatic rings. The van der Waals surface area contributed by atoms with Crippen molar-refractivity contribution in [3.63, 3.8) is 0 Å². The lowest BCUT2D eigenvalue weighted by atomic mass is 10.2. The van der Waals surface area contributed by atoms with Gasteiger partial charge in [0.15, 0.2) is 0 Å². The highest BCUT2D eigenvalue weighted by atomic mass is 32.2. The van der Waals surface area contributed by atoms with Crippen molar-refractivity contribution in [1.29, 1.82) is 0 Å². The van der Waals surface area contributed by atoms with Gasteiger partial charge in [0.05, 0.1) is 18.6 Å². The molecule has 134 valence electrons. The van der Waals surface area contributed by atoms with E-state index >= 15 is 0 Å². The van der Waals surface area contributed by atoms with Crippen molar-refractivity contribution in [2.45, 2.75) is 11.7 Å². The molecule has 0 radical (unpaired) electrons. The second-order valence-electron chi connectivity index (χ2n) is 5.60. The number of carbonyl (C=O) groups is 1. The molecule has 8 heteroatoms. The van der Waals surface area contributed by atoms with E-state index < -0.39 is 0 Å². The Morgan fingerprint density at radius 1 is 1.15 bits per heavy atom. The lowest BCUT2D eigenvalue weighted by molar-refractivity contribution is -0.127. The van der Waals surface area contributed by atoms with E-state index in [4.69, 9.17) is 4.74 Å². The second-order valence-corrected chi connectivity index (χ2v) is 6.54. The van der Waals surface area contributed by atoms with Crippen LogP contribution >= 0.6 is 11.8 Å². The van der Waals surface area contributed by atoms with Gasteiger partial charge in [0, 0.05) is 13.6 Å². The second kappa shape index (κ2) is 8.48. The zero-order valence-corrected chi connectivity index (χ0v) is 15.4. The number of nitrogens with zero attached hydrogens (tertiary/aromatic N) is 5. The molecule has 0 saturated heterocycles. The summed E-state index contributed by atoms with van der Waals surface area (Å²) in [6.45, 7) is 0.573. The molecule has 1 amide bonds. The molecular formula is C18H19N5O2S. The SMILES string of the molecule is COc1ccc(-n2nnnc2SCC(=O)N(C)Cc2ccccc2)cc1. The first-order chi connectivity index (χ1) is 12.7. The number of tetrazole rings is 1. The third-order valence-corrected chi connectivity index (χ3v) is 4.68. The molecule has 0 N–H and O–H groups in total. The third kappa shape index (κ3) is 4.40. The molecule has 7 nitrogen and oxygen atoms in total. The standard InChI is InChI=1S/C18H19N5O2S/c1-22(12-14-6-4-3-5-7-14)17(24)13-26-18-19-20-21-23(18)15-8-10-16(25-2)11-9-15/h3-11H,12-13H2,1-2H3. The van der Waals surface area contributed by atoms with Crippen LogP contribution in [-0.2, 0) is 11.3 Å². The van der Waals surface area contributed by atoms with Crippen LogP contribution in [0.5, 0.6) is 5.75 Å². The van der Waals surface area contributed by atoms with Crippen molar-refractivity contribution < 1.29 is 9.53 Å². The summed E-state index contributed by atoms with van der Waals surface area (Å²) >= 11 is 1.31. The van der Waals surface area contributed by atoms with Gasteiger partial charge in [-0.25, -0.2) is 0 Å². The van der Waals surface area contributed by atoms with E-state index in [1.165, 1.54) is 11.8 Å². The van der Waals surface area contributed by atoms with Crippen molar-refractivity contribution in [2.75, 3.05) is 19.9 Å². The Labute approximate surface area is 156 Å². The molecule has 1 aromatic heterocycles. The summed E-state index contributed by atoms with van der Waals surface area (Å²) in [7, 11) is 3.41. The van der Waals surface area contributed by atoms with E-state index in [1.54, 1.807) is 23.7 Å². The van der Waals surface area contributed by atoms with Gasteiger partial charge < -0.3 is 9.64 Å². The molecule has 1 heterocycles. The van der Waals surface area contributed by atoms with Gasteiger partial charge in [-0.1, -0.05) is 42.1 Å². The van der Waals surface area contributed by atoms with E-state index in [0.29, 0.717) is 11.7 Å². The number of hydrogen-bond acceptors (Lipinski definition) is 6. The quantitative estimate of drug-likeness (QED) is 0.596. The molecule has 0 aliphatic carbocycles. The average molecular weight is 369 g/mol. The monoisotopic (exact) mass is 369 g/mol. The van der Waals surface area contributed by atoms with Crippen molar-refractivity contribution in [2.24, 2.45) is 0 Å². The molecule has 0 fully saturated rings. The number of rotatable bonds is 7. The molecule has 0 spiro atoms. The summed E-state index contributed by atoms with van der Waals surface area (Å²) in [5.74, 6) is 1.04. The van der Waals surface area contributed by atoms with E-state index in [0.717, 1.165) is 17.0 Å². The normalized spacial score (nSPS) is 10.5. The molecule has 0 saturated carbocycles. The van der Waals surface area contributed by atoms with Crippen molar-refractivity contribution in [3.8, 4) is 11.4 Å². The molecule has 3 rings (SSSR count). The maximum atomic E-state index is 12.4. The summed E-state index contributed by atoms with van der Waals surface area (Å²) in [6.07, 6.45) is 0. The average Bonchev–Trinajstić information content (AvgIpc) is 3.15. The van der Waals surface area contributed by atoms with Crippen LogP contribution in [0.1, 0.15) is 5.56 Å². The van der Waals surface area contributed by atoms with Gasteiger partial charge in [-0.2, -0.15) is 4.68 Å². The topological polar surface area (TPSA) is 73.1 Å². The minimum Gasteiger partial charge on any atom is -0.497 e. The van der Waals surface area contributed by atoms with Gasteiger partial charge in [0.2, 0.25) is 11.1 Å². The van der Waals surface area contributed by atoms with Gasteiger partial charge in [-0.3, -0.25) is 4.79 Å². The highest BCUT2D eigenvalue weighted by Crippen LogP contribution is 2.20. The van der Waals surface area contributed by atoms with Crippen LogP contribution < -0.4 is 4.74 Å². The van der Waals surface area contributed by atoms with Gasteiger partial charge >= 0.3 is 0 Å². The molecule has 0 bridgehead atoms. The van der Waals surface area contributed by atoms with E-state index in [2.05, 4.69) is 15.5 Å². The highest BCUT2D eigenvalue weighted by molar-refractivity contribution is 7.99. The smallest absolute Gasteiger partial charge is 0.233 e. The zero-order chi connectivity index (χ0) is 18.4. The Hall–Kier alpha value is -2.87. The highest BCUT2D eigenvalue weighted by Gasteiger charge is 2.14. The Bertz CT molecular complexity index is 852. The molecule has 0 aliphatic heterocycles. The molecule has 26 heavy (non-hydrogen) atoms. The molecular weight excluding hydrogens is 350 g/mol. The fraction of sp³-hybridized carbons (Fsp3) is 0.222. The fourth-order valence-corrected chi connectivity index (χ4v) is 3.17. The maximum absolute atomic E-state index is 12.4. The van der Waals surface area contributed by atoms with E-state index in [1.807, 2.05) is 54.6 Å². The maximum Gasteiger partial charge on any atom is 0.233 e. The number of carbonyl (C=O) groups excluding carboxylic acids is 1. The lowest BCUT2D eigenvalue weighted by Gasteiger charge is -2.16. The zero-order valence-electron chi connectivity index (χ0n) is 14.6. The van der Waals surface area contributed by atoms with Crippen LogP contribution in [0.15, 0.2) is 59.8 Å². The molecule has 0 unspecified atom stereocenters. The van der Waals surface area contributed by atoms with E-state index in [-0.39, 0.29) is 11.7 Å². The van der Waals surface area contributed by atoms with Crippen LogP contribution in [0.4, 0.5) is 0 Å². The summed E-state index contributed by atoms with van der Waals surface area (Å²) in [4.78, 5) is 14.1. The number of benzene rings is 2. The number of ether oxygens (including phenoxy) is 1. The summed E-state index contributed by atoms with van der Waals surface area (Å²) in [6, 6.07) is 17.3. The van der Waals surface area contributed by atoms with Crippen molar-refractivity contribution in [3.05, 3.63) is 60.2 Å². The summed E-state index contributed by atoms with van der Waals surface area (Å²) in [5.41, 5.74) is 1.90. The van der Waals surface area contributed by atoms with E-state index in [9.17, 15) is 4.79 Å². The van der Waals surface area contributed by atoms with Crippen LogP contribution in [0.3, 0.4) is 0 Å². The predicted octanol–water partition coefficient (Wildman–Crippen LogP) is 2.42. The first-order valence-electron chi connectivity index (χ1n) is 8.01. The van der Waals surface area contributed by atoms with Crippen LogP contribution in [0.25, 0.3) is 5.69 Å². The number of aromatic nitrogens is 4. The largest absolute Gasteiger partial charge is 0.497 e. The van der Waals surface area contributed by atoms with Gasteiger partial charge in [-0.15, -0.1) is 5.10 Å². The van der Waals surface area contributed by atoms with Gasteiger partial charge in [0.25, 0.3) is 0 Å². The minimum atomic E-state index is 0.0168. The van der Waals surface area contributed by atoms with Gasteiger partial charge in [-0.05, 0) is 40.3 Å². The third-order valence-electron chi connectivity index (χ3n) is 3.77. The Morgan fingerprint density at radius 2 is 1.88 bits per heavy atom. The Morgan fingerprint density at radius 3 is 2.58 bits per heavy atom. The number of methoxy groups -OCH3 is 1. The summed E-state index contributed by atoms with van der Waals surface area (Å²) < 4.78 is 6.76. The molecule has 0 atom stereocenters. The molecule has 2 aromatic carbocycles. The Kier molecular flexibility index (Phi) is 5.85. The predicted molar refractivity (Wildman–Crippen MR) is 99.3 cm³/mol. The number of amides is 1. The minimum absolute atomic E-state index is 0.0168. The van der Waals surface area contributed by atoms with Crippen LogP contribution in [0, 0.1) is 0 Å². The van der Waals surface area contributed by atoms with Crippen molar-refractivity contribution >= 4 is 17.7 Å². The number of thioether (sulfide) groups is 1. The van der Waals surface area contributed by atoms with Crippen molar-refractivity contribution in [1.82, 2.24) is 25.1 Å². The first-order valence-corrected chi connectivity index (χ1v) is 8.99. The fourth-order valence-electron chi connectivity index (χ4n) is 2.34. The lowest BCUT2D eigenvalue weighted by Crippen LogP contribution is -2.27. The number of hydrogen-bond donors (Lipinski definition) is 0. The Balaban J connectivity index is 1.61. The first kappa shape index (κ1) is 17.9. The van der Waals surface area contributed by atoms with Crippen LogP contribution in [-0.4, -0.2) is 50.9 Å². The molecule has 0 aliphatic rings. The van der Waals surface area contributed by atoms with Crippen LogP contribution in [0.2, 0.25) is 0 Å². The van der Waals surface area contributed by atoms with Gasteiger partial charge in [0.1, 0.15) is 5.75 Å². The summed E-state index contributed by atoms with van der Waals surface area (Å²) in [5, 5.41) is 12.3.